The summed E-state index contributed by atoms with van der Waals surface area (Å²) < 4.78 is 5.63. The van der Waals surface area contributed by atoms with Gasteiger partial charge in [-0.25, -0.2) is 0 Å². The van der Waals surface area contributed by atoms with E-state index in [1.807, 2.05) is 38.1 Å². The van der Waals surface area contributed by atoms with Crippen molar-refractivity contribution in [2.75, 3.05) is 25.0 Å². The van der Waals surface area contributed by atoms with E-state index >= 15 is 0 Å². The van der Waals surface area contributed by atoms with Gasteiger partial charge in [-0.05, 0) is 51.9 Å². The normalized spacial score (nSPS) is 11.0. The maximum atomic E-state index is 12.1. The van der Waals surface area contributed by atoms with Crippen LogP contribution in [0.15, 0.2) is 24.3 Å². The van der Waals surface area contributed by atoms with Crippen LogP contribution in [0.4, 0.5) is 5.69 Å². The highest BCUT2D eigenvalue weighted by molar-refractivity contribution is 5.92. The van der Waals surface area contributed by atoms with Crippen molar-refractivity contribution in [3.05, 3.63) is 24.3 Å². The third kappa shape index (κ3) is 7.14. The summed E-state index contributed by atoms with van der Waals surface area (Å²) in [5.41, 5.74) is 0.783. The molecule has 0 bridgehead atoms. The summed E-state index contributed by atoms with van der Waals surface area (Å²) in [6, 6.07) is 7.54. The van der Waals surface area contributed by atoms with E-state index in [0.717, 1.165) is 37.4 Å². The SMILES string of the molecule is CCCN(CCC)CC(=O)Nc1cccc(OC(C)C)c1. The van der Waals surface area contributed by atoms with Gasteiger partial charge in [0, 0.05) is 11.8 Å². The summed E-state index contributed by atoms with van der Waals surface area (Å²) in [5, 5.41) is 2.94. The second kappa shape index (κ2) is 9.40. The molecule has 4 nitrogen and oxygen atoms in total. The Balaban J connectivity index is 2.57. The van der Waals surface area contributed by atoms with Gasteiger partial charge in [0.2, 0.25) is 5.91 Å². The molecule has 0 aliphatic rings. The molecular weight excluding hydrogens is 264 g/mol. The smallest absolute Gasteiger partial charge is 0.238 e. The standard InChI is InChI=1S/C17H28N2O2/c1-5-10-19(11-6-2)13-17(20)18-15-8-7-9-16(12-15)21-14(3)4/h7-9,12,14H,5-6,10-11,13H2,1-4H3,(H,18,20). The second-order valence-corrected chi connectivity index (χ2v) is 5.52. The van der Waals surface area contributed by atoms with Gasteiger partial charge in [0.1, 0.15) is 5.75 Å². The average Bonchev–Trinajstić information content (AvgIpc) is 2.38. The highest BCUT2D eigenvalue weighted by atomic mass is 16.5. The van der Waals surface area contributed by atoms with Gasteiger partial charge in [0.05, 0.1) is 12.6 Å². The Morgan fingerprint density at radius 3 is 2.48 bits per heavy atom. The first-order valence-electron chi connectivity index (χ1n) is 7.84. The summed E-state index contributed by atoms with van der Waals surface area (Å²) >= 11 is 0. The molecule has 4 heteroatoms. The third-order valence-corrected chi connectivity index (χ3v) is 2.94. The quantitative estimate of drug-likeness (QED) is 0.757. The number of nitrogens with zero attached hydrogens (tertiary/aromatic N) is 1. The van der Waals surface area contributed by atoms with E-state index < -0.39 is 0 Å². The zero-order valence-electron chi connectivity index (χ0n) is 13.7. The molecule has 0 atom stereocenters. The van der Waals surface area contributed by atoms with Crippen molar-refractivity contribution in [1.82, 2.24) is 4.90 Å². The van der Waals surface area contributed by atoms with E-state index in [-0.39, 0.29) is 12.0 Å². The van der Waals surface area contributed by atoms with Gasteiger partial charge in [0.25, 0.3) is 0 Å². The van der Waals surface area contributed by atoms with E-state index in [2.05, 4.69) is 24.1 Å². The first kappa shape index (κ1) is 17.5. The molecule has 1 aromatic rings. The highest BCUT2D eigenvalue weighted by Gasteiger charge is 2.10. The molecule has 0 aliphatic heterocycles. The molecule has 1 rings (SSSR count). The van der Waals surface area contributed by atoms with Gasteiger partial charge in [-0.1, -0.05) is 19.9 Å². The Bertz CT molecular complexity index is 427. The molecule has 0 radical (unpaired) electrons. The van der Waals surface area contributed by atoms with Crippen LogP contribution in [-0.2, 0) is 4.79 Å². The molecule has 0 unspecified atom stereocenters. The maximum Gasteiger partial charge on any atom is 0.238 e. The van der Waals surface area contributed by atoms with E-state index in [9.17, 15) is 4.79 Å². The van der Waals surface area contributed by atoms with E-state index in [0.29, 0.717) is 6.54 Å². The first-order chi connectivity index (χ1) is 10.0. The Labute approximate surface area is 128 Å². The lowest BCUT2D eigenvalue weighted by Crippen LogP contribution is -2.34. The van der Waals surface area contributed by atoms with Crippen LogP contribution in [-0.4, -0.2) is 36.5 Å². The van der Waals surface area contributed by atoms with Crippen LogP contribution in [0.25, 0.3) is 0 Å². The predicted molar refractivity (Wildman–Crippen MR) is 87.9 cm³/mol. The van der Waals surface area contributed by atoms with E-state index in [4.69, 9.17) is 4.74 Å². The molecule has 0 saturated carbocycles. The van der Waals surface area contributed by atoms with Crippen molar-refractivity contribution in [3.8, 4) is 5.75 Å². The van der Waals surface area contributed by atoms with Crippen LogP contribution < -0.4 is 10.1 Å². The summed E-state index contributed by atoms with van der Waals surface area (Å²) in [6.45, 7) is 10.6. The number of benzene rings is 1. The maximum absolute atomic E-state index is 12.1. The average molecular weight is 292 g/mol. The van der Waals surface area contributed by atoms with Gasteiger partial charge < -0.3 is 10.1 Å². The lowest BCUT2D eigenvalue weighted by Gasteiger charge is -2.20. The van der Waals surface area contributed by atoms with Crippen LogP contribution in [0.2, 0.25) is 0 Å². The Morgan fingerprint density at radius 1 is 1.24 bits per heavy atom. The second-order valence-electron chi connectivity index (χ2n) is 5.52. The topological polar surface area (TPSA) is 41.6 Å². The largest absolute Gasteiger partial charge is 0.491 e. The van der Waals surface area contributed by atoms with Crippen molar-refractivity contribution >= 4 is 11.6 Å². The van der Waals surface area contributed by atoms with Gasteiger partial charge in [-0.3, -0.25) is 9.69 Å². The van der Waals surface area contributed by atoms with Crippen molar-refractivity contribution in [2.45, 2.75) is 46.6 Å². The van der Waals surface area contributed by atoms with Gasteiger partial charge in [-0.2, -0.15) is 0 Å². The van der Waals surface area contributed by atoms with Gasteiger partial charge in [-0.15, -0.1) is 0 Å². The van der Waals surface area contributed by atoms with Crippen LogP contribution in [0.1, 0.15) is 40.5 Å². The fraction of sp³-hybridized carbons (Fsp3) is 0.588. The van der Waals surface area contributed by atoms with Crippen molar-refractivity contribution < 1.29 is 9.53 Å². The Hall–Kier alpha value is -1.55. The summed E-state index contributed by atoms with van der Waals surface area (Å²) in [5.74, 6) is 0.806. The number of hydrogen-bond donors (Lipinski definition) is 1. The summed E-state index contributed by atoms with van der Waals surface area (Å²) in [4.78, 5) is 14.3. The minimum Gasteiger partial charge on any atom is -0.491 e. The molecule has 0 spiro atoms. The molecule has 1 aromatic carbocycles. The van der Waals surface area contributed by atoms with Gasteiger partial charge in [0.15, 0.2) is 0 Å². The van der Waals surface area contributed by atoms with Crippen molar-refractivity contribution in [1.29, 1.82) is 0 Å². The molecule has 1 amide bonds. The number of hydrogen-bond acceptors (Lipinski definition) is 3. The zero-order chi connectivity index (χ0) is 15.7. The number of amides is 1. The molecule has 21 heavy (non-hydrogen) atoms. The van der Waals surface area contributed by atoms with Crippen LogP contribution in [0.3, 0.4) is 0 Å². The first-order valence-corrected chi connectivity index (χ1v) is 7.84. The highest BCUT2D eigenvalue weighted by Crippen LogP contribution is 2.18. The van der Waals surface area contributed by atoms with Crippen LogP contribution >= 0.6 is 0 Å². The van der Waals surface area contributed by atoms with Gasteiger partial charge >= 0.3 is 0 Å². The molecular formula is C17H28N2O2. The van der Waals surface area contributed by atoms with Crippen molar-refractivity contribution in [2.24, 2.45) is 0 Å². The number of carbonyl (C=O) groups is 1. The van der Waals surface area contributed by atoms with Crippen LogP contribution in [0, 0.1) is 0 Å². The molecule has 0 aromatic heterocycles. The van der Waals surface area contributed by atoms with Crippen molar-refractivity contribution in [3.63, 3.8) is 0 Å². The summed E-state index contributed by atoms with van der Waals surface area (Å²) in [6.07, 6.45) is 2.25. The molecule has 0 fully saturated rings. The number of rotatable bonds is 9. The zero-order valence-corrected chi connectivity index (χ0v) is 13.7. The predicted octanol–water partition coefficient (Wildman–Crippen LogP) is 3.53. The number of ether oxygens (including phenoxy) is 1. The Kier molecular flexibility index (Phi) is 7.83. The fourth-order valence-corrected chi connectivity index (χ4v) is 2.23. The minimum absolute atomic E-state index is 0.0265. The monoisotopic (exact) mass is 292 g/mol. The van der Waals surface area contributed by atoms with Crippen LogP contribution in [0.5, 0.6) is 5.75 Å². The lowest BCUT2D eigenvalue weighted by atomic mass is 10.3. The Morgan fingerprint density at radius 2 is 1.90 bits per heavy atom. The van der Waals surface area contributed by atoms with E-state index in [1.54, 1.807) is 0 Å². The summed E-state index contributed by atoms with van der Waals surface area (Å²) in [7, 11) is 0. The number of carbonyl (C=O) groups excluding carboxylic acids is 1. The molecule has 118 valence electrons. The molecule has 0 heterocycles. The molecule has 0 aliphatic carbocycles. The van der Waals surface area contributed by atoms with E-state index in [1.165, 1.54) is 0 Å². The fourth-order valence-electron chi connectivity index (χ4n) is 2.23. The number of nitrogens with one attached hydrogen (secondary N) is 1. The molecule has 0 saturated heterocycles. The number of anilines is 1. The lowest BCUT2D eigenvalue weighted by molar-refractivity contribution is -0.117. The minimum atomic E-state index is 0.0265. The molecule has 1 N–H and O–H groups in total. The third-order valence-electron chi connectivity index (χ3n) is 2.94.